The third-order valence-electron chi connectivity index (χ3n) is 5.54. The first kappa shape index (κ1) is 22.7. The molecule has 0 aliphatic heterocycles. The Kier molecular flexibility index (Phi) is 5.78. The number of carbonyl (C=O) groups is 1. The summed E-state index contributed by atoms with van der Waals surface area (Å²) < 4.78 is 29.6. The van der Waals surface area contributed by atoms with E-state index in [1.54, 1.807) is 60.8 Å². The number of hydrogen-bond acceptors (Lipinski definition) is 3. The molecule has 2 aromatic heterocycles. The Balaban J connectivity index is 1.45. The predicted octanol–water partition coefficient (Wildman–Crippen LogP) is 7.10. The number of hydrogen-bond donors (Lipinski definition) is 1. The first-order valence-corrected chi connectivity index (χ1v) is 11.2. The summed E-state index contributed by atoms with van der Waals surface area (Å²) in [6.07, 6.45) is 1.71. The van der Waals surface area contributed by atoms with Crippen LogP contribution in [0.5, 0.6) is 0 Å². The van der Waals surface area contributed by atoms with Gasteiger partial charge in [0, 0.05) is 35.3 Å². The monoisotopic (exact) mass is 488 g/mol. The topological polar surface area (TPSA) is 59.8 Å². The van der Waals surface area contributed by atoms with Crippen molar-refractivity contribution in [3.63, 3.8) is 0 Å². The highest BCUT2D eigenvalue weighted by Gasteiger charge is 2.30. The molecule has 5 nitrogen and oxygen atoms in total. The summed E-state index contributed by atoms with van der Waals surface area (Å²) in [7, 11) is 0. The lowest BCUT2D eigenvalue weighted by atomic mass is 10.1. The van der Waals surface area contributed by atoms with Crippen LogP contribution in [0.3, 0.4) is 0 Å². The number of benzene rings is 3. The zero-order valence-corrected chi connectivity index (χ0v) is 19.3. The summed E-state index contributed by atoms with van der Waals surface area (Å²) in [5.41, 5.74) is 3.05. The van der Waals surface area contributed by atoms with E-state index >= 15 is 0 Å². The van der Waals surface area contributed by atoms with E-state index in [9.17, 15) is 13.6 Å². The van der Waals surface area contributed by atoms with Crippen LogP contribution in [0.1, 0.15) is 23.0 Å². The van der Waals surface area contributed by atoms with Gasteiger partial charge in [-0.1, -0.05) is 41.9 Å². The summed E-state index contributed by atoms with van der Waals surface area (Å²) in [5.74, 6) is -3.42. The summed E-state index contributed by atoms with van der Waals surface area (Å²) in [5, 5.41) is 8.30. The lowest BCUT2D eigenvalue weighted by Crippen LogP contribution is -2.11. The van der Waals surface area contributed by atoms with E-state index in [-0.39, 0.29) is 11.6 Å². The van der Waals surface area contributed by atoms with Gasteiger partial charge < -0.3 is 5.32 Å². The number of para-hydroxylation sites is 1. The minimum Gasteiger partial charge on any atom is -0.322 e. The van der Waals surface area contributed by atoms with Gasteiger partial charge in [0.05, 0.1) is 21.9 Å². The van der Waals surface area contributed by atoms with Gasteiger partial charge in [-0.2, -0.15) is 13.9 Å². The fraction of sp³-hybridized carbons (Fsp3) is 0.0741. The predicted molar refractivity (Wildman–Crippen MR) is 133 cm³/mol. The third-order valence-corrected chi connectivity index (χ3v) is 5.86. The number of anilines is 1. The van der Waals surface area contributed by atoms with E-state index < -0.39 is 5.92 Å². The summed E-state index contributed by atoms with van der Waals surface area (Å²) in [6.45, 7) is 0.798. The number of halogens is 3. The largest absolute Gasteiger partial charge is 0.322 e. The molecule has 2 heterocycles. The maximum absolute atomic E-state index is 14.1. The molecule has 0 atom stereocenters. The minimum absolute atomic E-state index is 0.291. The molecule has 0 aliphatic rings. The van der Waals surface area contributed by atoms with Gasteiger partial charge in [-0.25, -0.2) is 4.68 Å². The molecule has 0 saturated carbocycles. The van der Waals surface area contributed by atoms with Crippen molar-refractivity contribution in [2.45, 2.75) is 12.8 Å². The highest BCUT2D eigenvalue weighted by Crippen LogP contribution is 2.33. The summed E-state index contributed by atoms with van der Waals surface area (Å²) in [6, 6.07) is 24.1. The normalized spacial score (nSPS) is 11.5. The van der Waals surface area contributed by atoms with Crippen LogP contribution in [0.15, 0.2) is 91.1 Å². The second-order valence-corrected chi connectivity index (χ2v) is 8.52. The van der Waals surface area contributed by atoms with Gasteiger partial charge in [0.1, 0.15) is 5.69 Å². The lowest BCUT2D eigenvalue weighted by molar-refractivity contribution is 0.0124. The van der Waals surface area contributed by atoms with Crippen LogP contribution in [0.25, 0.3) is 27.8 Å². The molecule has 1 amide bonds. The van der Waals surface area contributed by atoms with E-state index in [0.29, 0.717) is 33.2 Å². The lowest BCUT2D eigenvalue weighted by Gasteiger charge is -2.10. The number of nitrogens with zero attached hydrogens (tertiary/aromatic N) is 3. The molecule has 5 aromatic rings. The molecule has 8 heteroatoms. The van der Waals surface area contributed by atoms with Crippen molar-refractivity contribution in [3.8, 4) is 16.9 Å². The zero-order chi connectivity index (χ0) is 24.6. The van der Waals surface area contributed by atoms with Crippen LogP contribution in [0, 0.1) is 0 Å². The fourth-order valence-electron chi connectivity index (χ4n) is 3.76. The standard InChI is InChI=1S/C27H19ClF2N4O/c1-27(29,30)25-16-24(34(33-25)23-7-3-2-6-21(23)28)17-8-10-18(11-9-17)26(35)32-20-12-13-22-19(15-20)5-4-14-31-22/h2-16H,1H3,(H,32,35). The molecule has 35 heavy (non-hydrogen) atoms. The van der Waals surface area contributed by atoms with E-state index in [1.165, 1.54) is 10.7 Å². The number of aromatic nitrogens is 3. The van der Waals surface area contributed by atoms with E-state index in [4.69, 9.17) is 11.6 Å². The first-order valence-electron chi connectivity index (χ1n) is 10.8. The number of fused-ring (bicyclic) bond motifs is 1. The average Bonchev–Trinajstić information content (AvgIpc) is 3.30. The maximum atomic E-state index is 14.1. The van der Waals surface area contributed by atoms with Crippen LogP contribution in [0.2, 0.25) is 5.02 Å². The SMILES string of the molecule is CC(F)(F)c1cc(-c2ccc(C(=O)Nc3ccc4ncccc4c3)cc2)n(-c2ccccc2Cl)n1. The van der Waals surface area contributed by atoms with Gasteiger partial charge in [0.25, 0.3) is 11.8 Å². The van der Waals surface area contributed by atoms with E-state index in [0.717, 1.165) is 17.8 Å². The molecule has 3 aromatic carbocycles. The van der Waals surface area contributed by atoms with Gasteiger partial charge in [-0.15, -0.1) is 0 Å². The molecule has 1 N–H and O–H groups in total. The van der Waals surface area contributed by atoms with Gasteiger partial charge in [0.2, 0.25) is 0 Å². The summed E-state index contributed by atoms with van der Waals surface area (Å²) in [4.78, 5) is 17.1. The van der Waals surface area contributed by atoms with E-state index in [1.807, 2.05) is 24.3 Å². The highest BCUT2D eigenvalue weighted by molar-refractivity contribution is 6.32. The summed E-state index contributed by atoms with van der Waals surface area (Å²) >= 11 is 6.32. The second-order valence-electron chi connectivity index (χ2n) is 8.11. The molecule has 174 valence electrons. The Morgan fingerprint density at radius 1 is 0.971 bits per heavy atom. The van der Waals surface area contributed by atoms with Gasteiger partial charge >= 0.3 is 0 Å². The number of amides is 1. The molecular weight excluding hydrogens is 470 g/mol. The Hall–Kier alpha value is -4.10. The average molecular weight is 489 g/mol. The molecule has 0 unspecified atom stereocenters. The Morgan fingerprint density at radius 2 is 1.74 bits per heavy atom. The maximum Gasteiger partial charge on any atom is 0.288 e. The Labute approximate surface area is 205 Å². The third kappa shape index (κ3) is 4.63. The van der Waals surface area contributed by atoms with Crippen molar-refractivity contribution in [2.24, 2.45) is 0 Å². The minimum atomic E-state index is -3.13. The Morgan fingerprint density at radius 3 is 2.49 bits per heavy atom. The number of alkyl halides is 2. The van der Waals surface area contributed by atoms with Crippen molar-refractivity contribution in [3.05, 3.63) is 107 Å². The van der Waals surface area contributed by atoms with Crippen LogP contribution in [-0.2, 0) is 5.92 Å². The van der Waals surface area contributed by atoms with Crippen molar-refractivity contribution >= 4 is 34.1 Å². The van der Waals surface area contributed by atoms with Gasteiger partial charge in [-0.05, 0) is 54.6 Å². The van der Waals surface area contributed by atoms with Crippen molar-refractivity contribution in [2.75, 3.05) is 5.32 Å². The number of carbonyl (C=O) groups excluding carboxylic acids is 1. The molecule has 0 saturated heterocycles. The fourth-order valence-corrected chi connectivity index (χ4v) is 3.97. The first-order chi connectivity index (χ1) is 16.8. The molecule has 0 spiro atoms. The van der Waals surface area contributed by atoms with Gasteiger partial charge in [0.15, 0.2) is 0 Å². The number of rotatable bonds is 5. The molecule has 0 fully saturated rings. The van der Waals surface area contributed by atoms with Crippen LogP contribution >= 0.6 is 11.6 Å². The Bertz CT molecular complexity index is 1540. The molecule has 5 rings (SSSR count). The number of pyridine rings is 1. The highest BCUT2D eigenvalue weighted by atomic mass is 35.5. The molecular formula is C27H19ClF2N4O. The van der Waals surface area contributed by atoms with Crippen molar-refractivity contribution in [1.82, 2.24) is 14.8 Å². The van der Waals surface area contributed by atoms with Crippen molar-refractivity contribution in [1.29, 1.82) is 0 Å². The van der Waals surface area contributed by atoms with Crippen molar-refractivity contribution < 1.29 is 13.6 Å². The zero-order valence-electron chi connectivity index (χ0n) is 18.5. The quantitative estimate of drug-likeness (QED) is 0.287. The van der Waals surface area contributed by atoms with Gasteiger partial charge in [-0.3, -0.25) is 9.78 Å². The smallest absolute Gasteiger partial charge is 0.288 e. The number of nitrogens with one attached hydrogen (secondary N) is 1. The van der Waals surface area contributed by atoms with Crippen LogP contribution in [0.4, 0.5) is 14.5 Å². The molecule has 0 bridgehead atoms. The van der Waals surface area contributed by atoms with Crippen LogP contribution in [-0.4, -0.2) is 20.7 Å². The molecule has 0 radical (unpaired) electrons. The van der Waals surface area contributed by atoms with Crippen LogP contribution < -0.4 is 5.32 Å². The van der Waals surface area contributed by atoms with E-state index in [2.05, 4.69) is 15.4 Å². The second kappa shape index (κ2) is 8.92. The molecule has 0 aliphatic carbocycles.